The van der Waals surface area contributed by atoms with Crippen molar-refractivity contribution in [3.05, 3.63) is 29.6 Å². The van der Waals surface area contributed by atoms with E-state index in [2.05, 4.69) is 44.8 Å². The number of hydrogen-bond donors (Lipinski definition) is 1. The lowest BCUT2D eigenvalue weighted by Gasteiger charge is -2.13. The highest BCUT2D eigenvalue weighted by Gasteiger charge is 2.27. The van der Waals surface area contributed by atoms with Gasteiger partial charge in [0.1, 0.15) is 5.82 Å². The van der Waals surface area contributed by atoms with Crippen LogP contribution < -0.4 is 10.2 Å². The van der Waals surface area contributed by atoms with Crippen LogP contribution in [0.3, 0.4) is 0 Å². The van der Waals surface area contributed by atoms with E-state index in [1.165, 1.54) is 35.6 Å². The highest BCUT2D eigenvalue weighted by atomic mass is 32.1. The van der Waals surface area contributed by atoms with Crippen LogP contribution in [-0.4, -0.2) is 22.9 Å². The van der Waals surface area contributed by atoms with Crippen molar-refractivity contribution in [1.82, 2.24) is 9.36 Å². The van der Waals surface area contributed by atoms with Crippen LogP contribution in [0.5, 0.6) is 0 Å². The Morgan fingerprint density at radius 3 is 3.11 bits per heavy atom. The summed E-state index contributed by atoms with van der Waals surface area (Å²) >= 11 is 1.46. The molecular weight excluding hydrogens is 256 g/mol. The van der Waals surface area contributed by atoms with E-state index in [9.17, 15) is 0 Å². The van der Waals surface area contributed by atoms with E-state index in [1.807, 2.05) is 0 Å². The smallest absolute Gasteiger partial charge is 0.207 e. The van der Waals surface area contributed by atoms with Crippen molar-refractivity contribution in [1.29, 1.82) is 0 Å². The Hall–Kier alpha value is -1.62. The molecule has 1 fully saturated rings. The number of hydrogen-bond acceptors (Lipinski definition) is 5. The summed E-state index contributed by atoms with van der Waals surface area (Å²) in [7, 11) is 2.14. The van der Waals surface area contributed by atoms with Crippen LogP contribution in [-0.2, 0) is 6.42 Å². The molecule has 0 atom stereocenters. The Labute approximate surface area is 116 Å². The van der Waals surface area contributed by atoms with Crippen molar-refractivity contribution >= 4 is 28.0 Å². The van der Waals surface area contributed by atoms with Gasteiger partial charge >= 0.3 is 0 Å². The Balaban J connectivity index is 1.57. The number of anilines is 3. The van der Waals surface area contributed by atoms with Gasteiger partial charge in [0.2, 0.25) is 5.13 Å². The maximum Gasteiger partial charge on any atom is 0.207 e. The molecule has 0 spiro atoms. The third-order valence-electron chi connectivity index (χ3n) is 3.85. The fourth-order valence-corrected chi connectivity index (χ4v) is 3.20. The first-order valence-corrected chi connectivity index (χ1v) is 7.51. The van der Waals surface area contributed by atoms with E-state index >= 15 is 0 Å². The van der Waals surface area contributed by atoms with Crippen molar-refractivity contribution in [2.45, 2.75) is 25.2 Å². The second-order valence-electron chi connectivity index (χ2n) is 5.37. The summed E-state index contributed by atoms with van der Waals surface area (Å²) in [6.45, 7) is 1.11. The third kappa shape index (κ3) is 2.08. The number of nitrogens with one attached hydrogen (secondary N) is 1. The van der Waals surface area contributed by atoms with Crippen molar-refractivity contribution in [3.63, 3.8) is 0 Å². The second-order valence-corrected chi connectivity index (χ2v) is 6.12. The molecule has 1 aliphatic carbocycles. The molecule has 98 valence electrons. The average Bonchev–Trinajstić information content (AvgIpc) is 3.07. The zero-order chi connectivity index (χ0) is 12.8. The lowest BCUT2D eigenvalue weighted by Crippen LogP contribution is -2.12. The molecule has 0 amide bonds. The summed E-state index contributed by atoms with van der Waals surface area (Å²) in [5.74, 6) is 1.64. The van der Waals surface area contributed by atoms with Gasteiger partial charge in [-0.2, -0.15) is 4.37 Å². The molecule has 1 aromatic carbocycles. The Morgan fingerprint density at radius 2 is 2.26 bits per heavy atom. The van der Waals surface area contributed by atoms with Crippen molar-refractivity contribution < 1.29 is 0 Å². The van der Waals surface area contributed by atoms with Gasteiger partial charge in [0.05, 0.1) is 0 Å². The number of nitrogens with zero attached hydrogens (tertiary/aromatic N) is 3. The summed E-state index contributed by atoms with van der Waals surface area (Å²) in [6.07, 6.45) is 3.65. The number of rotatable bonds is 3. The minimum Gasteiger partial charge on any atom is -0.374 e. The molecule has 0 unspecified atom stereocenters. The first kappa shape index (κ1) is 11.2. The summed E-state index contributed by atoms with van der Waals surface area (Å²) < 4.78 is 4.42. The van der Waals surface area contributed by atoms with E-state index in [1.54, 1.807) is 0 Å². The van der Waals surface area contributed by atoms with Gasteiger partial charge in [-0.15, -0.1) is 0 Å². The van der Waals surface area contributed by atoms with Crippen LogP contribution in [0.25, 0.3) is 0 Å². The molecule has 1 N–H and O–H groups in total. The molecule has 0 saturated heterocycles. The minimum atomic E-state index is 0.623. The quantitative estimate of drug-likeness (QED) is 0.932. The average molecular weight is 272 g/mol. The molecule has 0 bridgehead atoms. The zero-order valence-electron chi connectivity index (χ0n) is 10.9. The highest BCUT2D eigenvalue weighted by molar-refractivity contribution is 7.09. The van der Waals surface area contributed by atoms with Crippen LogP contribution in [0, 0.1) is 0 Å². The molecule has 4 rings (SSSR count). The molecular formula is C14H16N4S. The summed E-state index contributed by atoms with van der Waals surface area (Å²) in [5, 5.41) is 4.28. The maximum atomic E-state index is 4.56. The topological polar surface area (TPSA) is 41.0 Å². The van der Waals surface area contributed by atoms with Crippen LogP contribution in [0.2, 0.25) is 0 Å². The molecule has 1 aromatic heterocycles. The van der Waals surface area contributed by atoms with Gasteiger partial charge in [-0.25, -0.2) is 4.98 Å². The van der Waals surface area contributed by atoms with Gasteiger partial charge in [0.25, 0.3) is 0 Å². The monoisotopic (exact) mass is 272 g/mol. The molecule has 19 heavy (non-hydrogen) atoms. The third-order valence-corrected chi connectivity index (χ3v) is 4.49. The van der Waals surface area contributed by atoms with Gasteiger partial charge in [0, 0.05) is 42.4 Å². The van der Waals surface area contributed by atoms with Gasteiger partial charge in [-0.05, 0) is 37.0 Å². The predicted octanol–water partition coefficient (Wildman–Crippen LogP) is 3.15. The van der Waals surface area contributed by atoms with E-state index in [0.29, 0.717) is 5.92 Å². The molecule has 2 aliphatic rings. The SMILES string of the molecule is CN1CCc2ccc(Nc3nc(C4CC4)ns3)cc21. The second kappa shape index (κ2) is 4.20. The number of fused-ring (bicyclic) bond motifs is 1. The first-order chi connectivity index (χ1) is 9.29. The van der Waals surface area contributed by atoms with Crippen LogP contribution >= 0.6 is 11.5 Å². The highest BCUT2D eigenvalue weighted by Crippen LogP contribution is 2.39. The Morgan fingerprint density at radius 1 is 1.37 bits per heavy atom. The van der Waals surface area contributed by atoms with Gasteiger partial charge in [0.15, 0.2) is 0 Å². The molecule has 4 nitrogen and oxygen atoms in total. The minimum absolute atomic E-state index is 0.623. The van der Waals surface area contributed by atoms with Crippen LogP contribution in [0.4, 0.5) is 16.5 Å². The molecule has 0 radical (unpaired) electrons. The normalized spacial score (nSPS) is 17.6. The number of benzene rings is 1. The fraction of sp³-hybridized carbons (Fsp3) is 0.429. The van der Waals surface area contributed by atoms with Crippen molar-refractivity contribution in [3.8, 4) is 0 Å². The number of likely N-dealkylation sites (N-methyl/N-ethyl adjacent to an activating group) is 1. The Bertz CT molecular complexity index is 618. The van der Waals surface area contributed by atoms with E-state index < -0.39 is 0 Å². The standard InChI is InChI=1S/C14H16N4S/c1-18-7-6-9-4-5-11(8-12(9)18)15-14-16-13(17-19-14)10-2-3-10/h4-5,8,10H,2-3,6-7H2,1H3,(H,15,16,17). The lowest BCUT2D eigenvalue weighted by molar-refractivity contribution is 0.956. The lowest BCUT2D eigenvalue weighted by atomic mass is 10.1. The zero-order valence-corrected chi connectivity index (χ0v) is 11.7. The maximum absolute atomic E-state index is 4.56. The first-order valence-electron chi connectivity index (χ1n) is 6.74. The molecule has 1 aliphatic heterocycles. The number of aromatic nitrogens is 2. The fourth-order valence-electron chi connectivity index (χ4n) is 2.53. The molecule has 2 heterocycles. The summed E-state index contributed by atoms with van der Waals surface area (Å²) in [4.78, 5) is 6.86. The van der Waals surface area contributed by atoms with Gasteiger partial charge < -0.3 is 10.2 Å². The largest absolute Gasteiger partial charge is 0.374 e. The van der Waals surface area contributed by atoms with Gasteiger partial charge in [-0.3, -0.25) is 0 Å². The van der Waals surface area contributed by atoms with Crippen molar-refractivity contribution in [2.24, 2.45) is 0 Å². The van der Waals surface area contributed by atoms with Gasteiger partial charge in [-0.1, -0.05) is 6.07 Å². The van der Waals surface area contributed by atoms with Crippen LogP contribution in [0.1, 0.15) is 30.1 Å². The predicted molar refractivity (Wildman–Crippen MR) is 78.6 cm³/mol. The molecule has 1 saturated carbocycles. The van der Waals surface area contributed by atoms with Crippen LogP contribution in [0.15, 0.2) is 18.2 Å². The Kier molecular flexibility index (Phi) is 2.48. The molecule has 5 heteroatoms. The molecule has 2 aromatic rings. The van der Waals surface area contributed by atoms with Crippen molar-refractivity contribution in [2.75, 3.05) is 23.8 Å². The van der Waals surface area contributed by atoms with E-state index in [4.69, 9.17) is 0 Å². The van der Waals surface area contributed by atoms with E-state index in [0.717, 1.165) is 29.6 Å². The van der Waals surface area contributed by atoms with E-state index in [-0.39, 0.29) is 0 Å². The summed E-state index contributed by atoms with van der Waals surface area (Å²) in [5.41, 5.74) is 3.87. The summed E-state index contributed by atoms with van der Waals surface area (Å²) in [6, 6.07) is 6.56.